The zero-order chi connectivity index (χ0) is 15.9. The van der Waals surface area contributed by atoms with Gasteiger partial charge in [0.2, 0.25) is 11.9 Å². The fraction of sp³-hybridized carbons (Fsp3) is 0.312. The van der Waals surface area contributed by atoms with Crippen molar-refractivity contribution in [2.45, 2.75) is 27.2 Å². The Balaban J connectivity index is 0.00000192. The number of halogens is 1. The molecule has 0 fully saturated rings. The van der Waals surface area contributed by atoms with E-state index in [9.17, 15) is 4.79 Å². The molecule has 0 unspecified atom stereocenters. The molecule has 2 aromatic heterocycles. The number of nitrogens with one attached hydrogen (secondary N) is 1. The van der Waals surface area contributed by atoms with Crippen molar-refractivity contribution in [1.82, 2.24) is 14.5 Å². The molecule has 1 amide bonds. The third kappa shape index (κ3) is 3.53. The lowest BCUT2D eigenvalue weighted by Crippen LogP contribution is -2.21. The molecule has 6 nitrogen and oxygen atoms in total. The van der Waals surface area contributed by atoms with Gasteiger partial charge in [0.15, 0.2) is 5.65 Å². The van der Waals surface area contributed by atoms with Crippen molar-refractivity contribution in [2.75, 3.05) is 11.1 Å². The number of amides is 1. The number of hydrogen-bond donors (Lipinski definition) is 2. The molecule has 3 rings (SSSR count). The lowest BCUT2D eigenvalue weighted by Gasteiger charge is -2.18. The van der Waals surface area contributed by atoms with Crippen LogP contribution in [0, 0.1) is 5.41 Å². The Morgan fingerprint density at radius 1 is 1.30 bits per heavy atom. The molecule has 122 valence electrons. The second-order valence-corrected chi connectivity index (χ2v) is 6.59. The molecular formula is C16H20ClN5O. The predicted molar refractivity (Wildman–Crippen MR) is 95.3 cm³/mol. The summed E-state index contributed by atoms with van der Waals surface area (Å²) < 4.78 is 1.81. The molecule has 2 heterocycles. The highest BCUT2D eigenvalue weighted by molar-refractivity contribution is 5.94. The number of fused-ring (bicyclic) bond motifs is 1. The fourth-order valence-electron chi connectivity index (χ4n) is 2.28. The van der Waals surface area contributed by atoms with E-state index in [4.69, 9.17) is 5.73 Å². The van der Waals surface area contributed by atoms with Crippen molar-refractivity contribution in [3.05, 3.63) is 30.4 Å². The minimum Gasteiger partial charge on any atom is -0.384 e. The Bertz CT molecular complexity index is 814. The summed E-state index contributed by atoms with van der Waals surface area (Å²) in [5.74, 6) is 0.823. The monoisotopic (exact) mass is 333 g/mol. The molecule has 0 spiro atoms. The van der Waals surface area contributed by atoms with Gasteiger partial charge in [-0.2, -0.15) is 0 Å². The zero-order valence-electron chi connectivity index (χ0n) is 13.3. The van der Waals surface area contributed by atoms with E-state index in [1.165, 1.54) is 0 Å². The molecule has 0 aromatic carbocycles. The first-order chi connectivity index (χ1) is 10.3. The summed E-state index contributed by atoms with van der Waals surface area (Å²) in [4.78, 5) is 21.0. The normalized spacial score (nSPS) is 13.3. The van der Waals surface area contributed by atoms with Crippen LogP contribution in [0.1, 0.15) is 27.2 Å². The van der Waals surface area contributed by atoms with Gasteiger partial charge >= 0.3 is 0 Å². The Labute approximate surface area is 140 Å². The van der Waals surface area contributed by atoms with Crippen molar-refractivity contribution >= 4 is 46.9 Å². The van der Waals surface area contributed by atoms with E-state index in [1.807, 2.05) is 43.6 Å². The predicted octanol–water partition coefficient (Wildman–Crippen LogP) is 3.22. The lowest BCUT2D eigenvalue weighted by molar-refractivity contribution is -0.117. The highest BCUT2D eigenvalue weighted by Crippen LogP contribution is 2.28. The van der Waals surface area contributed by atoms with Crippen molar-refractivity contribution in [3.63, 3.8) is 0 Å². The molecule has 2 aromatic rings. The van der Waals surface area contributed by atoms with Crippen molar-refractivity contribution < 1.29 is 4.79 Å². The van der Waals surface area contributed by atoms with Crippen LogP contribution in [0.4, 0.5) is 11.8 Å². The number of imidazole rings is 1. The van der Waals surface area contributed by atoms with Crippen LogP contribution in [0.5, 0.6) is 0 Å². The minimum absolute atomic E-state index is 0. The maximum atomic E-state index is 12.2. The number of nitrogens with two attached hydrogens (primary N) is 1. The first-order valence-electron chi connectivity index (χ1n) is 7.17. The quantitative estimate of drug-likeness (QED) is 0.903. The molecule has 0 aliphatic heterocycles. The molecule has 0 bridgehead atoms. The number of carbonyl (C=O) groups excluding carboxylic acids is 1. The van der Waals surface area contributed by atoms with Gasteiger partial charge in [0.25, 0.3) is 0 Å². The van der Waals surface area contributed by atoms with Gasteiger partial charge in [-0.1, -0.05) is 26.8 Å². The van der Waals surface area contributed by atoms with Crippen LogP contribution in [0.2, 0.25) is 0 Å². The number of hydrogen-bond acceptors (Lipinski definition) is 4. The zero-order valence-corrected chi connectivity index (χ0v) is 14.1. The number of rotatable bonds is 3. The largest absolute Gasteiger partial charge is 0.384 e. The van der Waals surface area contributed by atoms with Gasteiger partial charge in [-0.25, -0.2) is 9.97 Å². The summed E-state index contributed by atoms with van der Waals surface area (Å²) in [5.41, 5.74) is 7.94. The van der Waals surface area contributed by atoms with E-state index in [2.05, 4.69) is 15.3 Å². The molecule has 7 heteroatoms. The molecular weight excluding hydrogens is 314 g/mol. The summed E-state index contributed by atoms with van der Waals surface area (Å²) in [6, 6.07) is 3.50. The van der Waals surface area contributed by atoms with E-state index in [-0.39, 0.29) is 23.7 Å². The summed E-state index contributed by atoms with van der Waals surface area (Å²) in [6.45, 7) is 6.07. The summed E-state index contributed by atoms with van der Waals surface area (Å²) in [5, 5.41) is 2.88. The lowest BCUT2D eigenvalue weighted by atomic mass is 9.92. The van der Waals surface area contributed by atoms with Crippen LogP contribution < -0.4 is 11.1 Å². The first kappa shape index (κ1) is 17.0. The van der Waals surface area contributed by atoms with Gasteiger partial charge in [-0.05, 0) is 29.7 Å². The smallest absolute Gasteiger partial charge is 0.227 e. The van der Waals surface area contributed by atoms with E-state index >= 15 is 0 Å². The highest BCUT2D eigenvalue weighted by Gasteiger charge is 2.21. The van der Waals surface area contributed by atoms with Crippen LogP contribution >= 0.6 is 12.4 Å². The van der Waals surface area contributed by atoms with E-state index in [1.54, 1.807) is 12.1 Å². The van der Waals surface area contributed by atoms with Crippen LogP contribution in [0.25, 0.3) is 16.9 Å². The van der Waals surface area contributed by atoms with Crippen LogP contribution in [0.15, 0.2) is 30.4 Å². The molecule has 23 heavy (non-hydrogen) atoms. The third-order valence-corrected chi connectivity index (χ3v) is 3.26. The van der Waals surface area contributed by atoms with Gasteiger partial charge in [-0.15, -0.1) is 12.4 Å². The molecule has 0 atom stereocenters. The van der Waals surface area contributed by atoms with Crippen LogP contribution in [0.3, 0.4) is 0 Å². The van der Waals surface area contributed by atoms with E-state index in [0.717, 1.165) is 5.70 Å². The van der Waals surface area contributed by atoms with Crippen molar-refractivity contribution in [1.29, 1.82) is 0 Å². The summed E-state index contributed by atoms with van der Waals surface area (Å²) >= 11 is 0. The average Bonchev–Trinajstić information content (AvgIpc) is 2.63. The number of carbonyl (C=O) groups is 1. The summed E-state index contributed by atoms with van der Waals surface area (Å²) in [6.07, 6.45) is 6.21. The topological polar surface area (TPSA) is 85.8 Å². The van der Waals surface area contributed by atoms with Gasteiger partial charge in [0.1, 0.15) is 11.3 Å². The maximum Gasteiger partial charge on any atom is 0.227 e. The number of nitrogen functional groups attached to an aromatic ring is 1. The fourth-order valence-corrected chi connectivity index (χ4v) is 2.28. The first-order valence-corrected chi connectivity index (χ1v) is 7.17. The average molecular weight is 334 g/mol. The molecule has 3 N–H and O–H groups in total. The molecule has 0 saturated carbocycles. The Morgan fingerprint density at radius 3 is 2.57 bits per heavy atom. The number of allylic oxidation sites excluding steroid dienone is 4. The molecule has 0 radical (unpaired) electrons. The van der Waals surface area contributed by atoms with Gasteiger partial charge in [0, 0.05) is 6.42 Å². The Morgan fingerprint density at radius 2 is 2.00 bits per heavy atom. The second kappa shape index (κ2) is 6.04. The summed E-state index contributed by atoms with van der Waals surface area (Å²) in [7, 11) is 0. The van der Waals surface area contributed by atoms with Crippen LogP contribution in [-0.4, -0.2) is 20.4 Å². The number of aromatic nitrogens is 3. The van der Waals surface area contributed by atoms with Gasteiger partial charge in [0.05, 0.1) is 5.70 Å². The Kier molecular flexibility index (Phi) is 4.47. The number of nitrogens with zero attached hydrogens (tertiary/aromatic N) is 3. The molecule has 1 aliphatic carbocycles. The van der Waals surface area contributed by atoms with E-state index in [0.29, 0.717) is 29.4 Å². The third-order valence-electron chi connectivity index (χ3n) is 3.26. The minimum atomic E-state index is -0.0841. The van der Waals surface area contributed by atoms with Gasteiger partial charge < -0.3 is 5.73 Å². The molecule has 0 saturated heterocycles. The van der Waals surface area contributed by atoms with Crippen molar-refractivity contribution in [3.8, 4) is 0 Å². The molecule has 1 aliphatic rings. The standard InChI is InChI=1S/C16H19N5O.ClH/c1-16(2,3)9-13(22)20-15-18-11-7-8-12(17)19-14(11)21(15)10-5-4-6-10;/h4-8H,9H2,1-3H3,(H2,17,19)(H,18,20,22);1H. The number of pyridine rings is 1. The second-order valence-electron chi connectivity index (χ2n) is 6.59. The maximum absolute atomic E-state index is 12.2. The van der Waals surface area contributed by atoms with E-state index < -0.39 is 0 Å². The highest BCUT2D eigenvalue weighted by atomic mass is 35.5. The van der Waals surface area contributed by atoms with Gasteiger partial charge in [-0.3, -0.25) is 14.7 Å². The van der Waals surface area contributed by atoms with Crippen molar-refractivity contribution in [2.24, 2.45) is 5.41 Å². The SMILES string of the molecule is CC(C)(C)CC(=O)Nc1nc2ccc(N)nc2n1C1=CC=C1.Cl. The van der Waals surface area contributed by atoms with Crippen LogP contribution in [-0.2, 0) is 4.79 Å². The Hall–Kier alpha value is -2.34. The number of anilines is 2.